The van der Waals surface area contributed by atoms with Crippen molar-refractivity contribution in [1.82, 2.24) is 9.55 Å². The highest BCUT2D eigenvalue weighted by Gasteiger charge is 2.14. The Kier molecular flexibility index (Phi) is 7.21. The summed E-state index contributed by atoms with van der Waals surface area (Å²) < 4.78 is 7.61. The lowest BCUT2D eigenvalue weighted by molar-refractivity contribution is -0.116. The van der Waals surface area contributed by atoms with Crippen molar-refractivity contribution in [3.8, 4) is 5.75 Å². The number of Topliss-reactive ketones (excluding diaryl/α,β-unsaturated/α-hetero) is 1. The summed E-state index contributed by atoms with van der Waals surface area (Å²) in [5, 5.41) is 22.7. The average molecular weight is 397 g/mol. The maximum absolute atomic E-state index is 11.1. The van der Waals surface area contributed by atoms with Crippen LogP contribution >= 0.6 is 0 Å². The highest BCUT2D eigenvalue weighted by atomic mass is 16.5. The molecule has 0 fully saturated rings. The Morgan fingerprint density at radius 2 is 1.97 bits per heavy atom. The van der Waals surface area contributed by atoms with E-state index in [1.807, 2.05) is 53.1 Å². The molecule has 0 aliphatic carbocycles. The summed E-state index contributed by atoms with van der Waals surface area (Å²) in [5.74, 6) is 1.45. The molecule has 0 amide bonds. The molecular weight excluding hydrogens is 370 g/mol. The summed E-state index contributed by atoms with van der Waals surface area (Å²) in [4.78, 5) is 15.6. The van der Waals surface area contributed by atoms with Gasteiger partial charge in [0.1, 0.15) is 24.2 Å². The number of ether oxygens (including phenoxy) is 1. The third-order valence-electron chi connectivity index (χ3n) is 4.57. The van der Waals surface area contributed by atoms with Crippen LogP contribution in [0, 0.1) is 0 Å². The van der Waals surface area contributed by atoms with E-state index in [4.69, 9.17) is 9.84 Å². The lowest BCUT2D eigenvalue weighted by Gasteiger charge is -2.16. The number of nitrogens with one attached hydrogen (secondary N) is 1. The molecule has 0 saturated heterocycles. The molecule has 1 aromatic heterocycles. The number of aliphatic hydroxyl groups excluding tert-OH is 2. The molecule has 3 N–H and O–H groups in total. The second kappa shape index (κ2) is 10.0. The zero-order valence-corrected chi connectivity index (χ0v) is 16.5. The van der Waals surface area contributed by atoms with Crippen molar-refractivity contribution in [1.29, 1.82) is 0 Å². The van der Waals surface area contributed by atoms with Crippen LogP contribution in [0.3, 0.4) is 0 Å². The summed E-state index contributed by atoms with van der Waals surface area (Å²) in [6.45, 7) is 2.42. The number of rotatable bonds is 11. The topological polar surface area (TPSA) is 96.6 Å². The quantitative estimate of drug-likeness (QED) is 0.460. The van der Waals surface area contributed by atoms with E-state index in [0.29, 0.717) is 31.2 Å². The Morgan fingerprint density at radius 1 is 1.21 bits per heavy atom. The van der Waals surface area contributed by atoms with Crippen LogP contribution in [0.1, 0.15) is 18.9 Å². The maximum Gasteiger partial charge on any atom is 0.204 e. The smallest absolute Gasteiger partial charge is 0.204 e. The zero-order chi connectivity index (χ0) is 20.6. The number of carbonyl (C=O) groups is 1. The van der Waals surface area contributed by atoms with E-state index in [1.165, 1.54) is 0 Å². The van der Waals surface area contributed by atoms with Gasteiger partial charge in [-0.15, -0.1) is 0 Å². The average Bonchev–Trinajstić information content (AvgIpc) is 3.07. The van der Waals surface area contributed by atoms with Crippen LogP contribution in [0.15, 0.2) is 48.5 Å². The fraction of sp³-hybridized carbons (Fsp3) is 0.364. The number of para-hydroxylation sites is 2. The minimum atomic E-state index is -0.736. The van der Waals surface area contributed by atoms with Gasteiger partial charge in [-0.25, -0.2) is 4.98 Å². The standard InChI is InChI=1S/C22H27N3O4/c1-16(27)6-7-17-8-10-19(11-9-17)29-15-18(28)14-25-21-5-3-2-4-20(21)24-22(25)23-12-13-26/h2-5,8-11,18,26,28H,6-7,12-15H2,1H3,(H,23,24). The lowest BCUT2D eigenvalue weighted by atomic mass is 10.1. The van der Waals surface area contributed by atoms with Gasteiger partial charge >= 0.3 is 0 Å². The predicted octanol–water partition coefficient (Wildman–Crippen LogP) is 2.40. The summed E-state index contributed by atoms with van der Waals surface area (Å²) in [6, 6.07) is 15.3. The fourth-order valence-corrected chi connectivity index (χ4v) is 3.09. The van der Waals surface area contributed by atoms with Gasteiger partial charge in [0.15, 0.2) is 0 Å². The molecule has 7 heteroatoms. The third kappa shape index (κ3) is 5.79. The molecule has 3 aromatic rings. The van der Waals surface area contributed by atoms with Gasteiger partial charge in [-0.2, -0.15) is 0 Å². The molecule has 7 nitrogen and oxygen atoms in total. The number of benzene rings is 2. The van der Waals surface area contributed by atoms with E-state index < -0.39 is 6.10 Å². The molecule has 0 aliphatic rings. The van der Waals surface area contributed by atoms with Crippen LogP contribution in [0.4, 0.5) is 5.95 Å². The van der Waals surface area contributed by atoms with Crippen molar-refractivity contribution < 1.29 is 19.7 Å². The Bertz CT molecular complexity index is 937. The summed E-state index contributed by atoms with van der Waals surface area (Å²) in [6.07, 6.45) is 0.514. The first-order chi connectivity index (χ1) is 14.1. The first-order valence-electron chi connectivity index (χ1n) is 9.76. The van der Waals surface area contributed by atoms with E-state index >= 15 is 0 Å². The molecule has 0 aliphatic heterocycles. The molecule has 154 valence electrons. The fourth-order valence-electron chi connectivity index (χ4n) is 3.09. The number of aromatic nitrogens is 2. The van der Waals surface area contributed by atoms with E-state index in [9.17, 15) is 9.90 Å². The van der Waals surface area contributed by atoms with Crippen molar-refractivity contribution in [2.24, 2.45) is 0 Å². The van der Waals surface area contributed by atoms with Gasteiger partial charge in [-0.05, 0) is 43.2 Å². The molecule has 0 radical (unpaired) electrons. The highest BCUT2D eigenvalue weighted by molar-refractivity contribution is 5.78. The molecular formula is C22H27N3O4. The summed E-state index contributed by atoms with van der Waals surface area (Å²) >= 11 is 0. The van der Waals surface area contributed by atoms with Crippen LogP contribution < -0.4 is 10.1 Å². The number of nitrogens with zero attached hydrogens (tertiary/aromatic N) is 2. The van der Waals surface area contributed by atoms with Gasteiger partial charge < -0.3 is 29.6 Å². The number of ketones is 1. The third-order valence-corrected chi connectivity index (χ3v) is 4.57. The number of hydrogen-bond donors (Lipinski definition) is 3. The second-order valence-electron chi connectivity index (χ2n) is 7.00. The zero-order valence-electron chi connectivity index (χ0n) is 16.5. The van der Waals surface area contributed by atoms with Crippen molar-refractivity contribution in [3.63, 3.8) is 0 Å². The van der Waals surface area contributed by atoms with E-state index in [0.717, 1.165) is 23.0 Å². The number of fused-ring (bicyclic) bond motifs is 1. The predicted molar refractivity (Wildman–Crippen MR) is 112 cm³/mol. The van der Waals surface area contributed by atoms with E-state index in [-0.39, 0.29) is 19.0 Å². The minimum absolute atomic E-state index is 0.00270. The first kappa shape index (κ1) is 20.8. The monoisotopic (exact) mass is 397 g/mol. The number of carbonyl (C=O) groups excluding carboxylic acids is 1. The van der Waals surface area contributed by atoms with Crippen LogP contribution in [0.5, 0.6) is 5.75 Å². The first-order valence-corrected chi connectivity index (χ1v) is 9.76. The highest BCUT2D eigenvalue weighted by Crippen LogP contribution is 2.20. The van der Waals surface area contributed by atoms with Gasteiger partial charge in [0.25, 0.3) is 0 Å². The number of aryl methyl sites for hydroxylation is 1. The minimum Gasteiger partial charge on any atom is -0.491 e. The van der Waals surface area contributed by atoms with E-state index in [2.05, 4.69) is 10.3 Å². The molecule has 1 unspecified atom stereocenters. The molecule has 3 rings (SSSR count). The number of hydrogen-bond acceptors (Lipinski definition) is 6. The molecule has 0 spiro atoms. The lowest BCUT2D eigenvalue weighted by Crippen LogP contribution is -2.25. The Hall–Kier alpha value is -2.90. The number of imidazole rings is 1. The van der Waals surface area contributed by atoms with Crippen molar-refractivity contribution in [2.75, 3.05) is 25.1 Å². The molecule has 29 heavy (non-hydrogen) atoms. The van der Waals surface area contributed by atoms with Crippen LogP contribution in [-0.2, 0) is 17.8 Å². The number of aliphatic hydroxyl groups is 2. The maximum atomic E-state index is 11.1. The van der Waals surface area contributed by atoms with Gasteiger partial charge in [0, 0.05) is 13.0 Å². The van der Waals surface area contributed by atoms with Gasteiger partial charge in [0.05, 0.1) is 24.2 Å². The summed E-state index contributed by atoms with van der Waals surface area (Å²) in [5.41, 5.74) is 2.81. The molecule has 0 saturated carbocycles. The van der Waals surface area contributed by atoms with Crippen molar-refractivity contribution >= 4 is 22.8 Å². The van der Waals surface area contributed by atoms with Crippen LogP contribution in [-0.4, -0.2) is 51.4 Å². The molecule has 1 atom stereocenters. The van der Waals surface area contributed by atoms with Crippen molar-refractivity contribution in [3.05, 3.63) is 54.1 Å². The molecule has 0 bridgehead atoms. The largest absolute Gasteiger partial charge is 0.491 e. The number of anilines is 1. The SMILES string of the molecule is CC(=O)CCc1ccc(OCC(O)Cn2c(NCCO)nc3ccccc32)cc1. The van der Waals surface area contributed by atoms with Gasteiger partial charge in [-0.3, -0.25) is 0 Å². The van der Waals surface area contributed by atoms with Crippen molar-refractivity contribution in [2.45, 2.75) is 32.4 Å². The van der Waals surface area contributed by atoms with Gasteiger partial charge in [0.2, 0.25) is 5.95 Å². The van der Waals surface area contributed by atoms with Crippen LogP contribution in [0.25, 0.3) is 11.0 Å². The molecule has 1 heterocycles. The van der Waals surface area contributed by atoms with E-state index in [1.54, 1.807) is 6.92 Å². The Labute approximate surface area is 170 Å². The Morgan fingerprint density at radius 3 is 2.69 bits per heavy atom. The molecule has 2 aromatic carbocycles. The Balaban J connectivity index is 1.60. The second-order valence-corrected chi connectivity index (χ2v) is 7.00. The normalized spacial score (nSPS) is 12.1. The van der Waals surface area contributed by atoms with Crippen LogP contribution in [0.2, 0.25) is 0 Å². The van der Waals surface area contributed by atoms with Gasteiger partial charge in [-0.1, -0.05) is 24.3 Å². The summed E-state index contributed by atoms with van der Waals surface area (Å²) in [7, 11) is 0.